The SMILES string of the molecule is CC1CCC(O)(CNC(=O)CCBr)CC1. The molecule has 1 fully saturated rings. The number of aliphatic hydroxyl groups is 1. The van der Waals surface area contributed by atoms with Gasteiger partial charge in [0.15, 0.2) is 0 Å². The number of carbonyl (C=O) groups is 1. The lowest BCUT2D eigenvalue weighted by Crippen LogP contribution is -2.45. The summed E-state index contributed by atoms with van der Waals surface area (Å²) < 4.78 is 0. The molecule has 1 amide bonds. The van der Waals surface area contributed by atoms with Crippen molar-refractivity contribution in [2.45, 2.75) is 44.6 Å². The minimum Gasteiger partial charge on any atom is -0.388 e. The molecule has 1 rings (SSSR count). The summed E-state index contributed by atoms with van der Waals surface area (Å²) in [5.41, 5.74) is -0.658. The van der Waals surface area contributed by atoms with Crippen LogP contribution in [0, 0.1) is 5.92 Å². The van der Waals surface area contributed by atoms with E-state index in [9.17, 15) is 9.90 Å². The number of rotatable bonds is 4. The summed E-state index contributed by atoms with van der Waals surface area (Å²) in [6.45, 7) is 2.62. The van der Waals surface area contributed by atoms with Crippen molar-refractivity contribution < 1.29 is 9.90 Å². The molecule has 1 aliphatic carbocycles. The summed E-state index contributed by atoms with van der Waals surface area (Å²) in [5, 5.41) is 13.6. The molecular formula is C11H20BrNO2. The monoisotopic (exact) mass is 277 g/mol. The van der Waals surface area contributed by atoms with Gasteiger partial charge in [-0.2, -0.15) is 0 Å². The van der Waals surface area contributed by atoms with Crippen LogP contribution in [0.1, 0.15) is 39.0 Å². The lowest BCUT2D eigenvalue weighted by Gasteiger charge is -2.34. The van der Waals surface area contributed by atoms with Crippen LogP contribution >= 0.6 is 15.9 Å². The van der Waals surface area contributed by atoms with Gasteiger partial charge in [-0.3, -0.25) is 4.79 Å². The standard InChI is InChI=1S/C11H20BrNO2/c1-9-2-5-11(15,6-3-9)8-13-10(14)4-7-12/h9,15H,2-8H2,1H3,(H,13,14). The molecule has 0 heterocycles. The molecule has 0 aromatic heterocycles. The van der Waals surface area contributed by atoms with Gasteiger partial charge in [0, 0.05) is 18.3 Å². The summed E-state index contributed by atoms with van der Waals surface area (Å²) in [4.78, 5) is 11.2. The topological polar surface area (TPSA) is 49.3 Å². The highest BCUT2D eigenvalue weighted by Gasteiger charge is 2.31. The minimum absolute atomic E-state index is 0.0129. The maximum absolute atomic E-state index is 11.2. The molecule has 0 aromatic carbocycles. The normalized spacial score (nSPS) is 31.3. The molecule has 0 aliphatic heterocycles. The van der Waals surface area contributed by atoms with Crippen LogP contribution in [0.2, 0.25) is 0 Å². The van der Waals surface area contributed by atoms with E-state index in [2.05, 4.69) is 28.2 Å². The highest BCUT2D eigenvalue weighted by atomic mass is 79.9. The molecule has 0 bridgehead atoms. The molecule has 3 nitrogen and oxygen atoms in total. The fraction of sp³-hybridized carbons (Fsp3) is 0.909. The Hall–Kier alpha value is -0.0900. The zero-order valence-electron chi connectivity index (χ0n) is 9.26. The highest BCUT2D eigenvalue weighted by molar-refractivity contribution is 9.09. The van der Waals surface area contributed by atoms with Crippen LogP contribution in [0.4, 0.5) is 0 Å². The maximum Gasteiger partial charge on any atom is 0.220 e. The number of hydrogen-bond donors (Lipinski definition) is 2. The second-order valence-corrected chi connectivity index (χ2v) is 5.42. The Morgan fingerprint density at radius 3 is 2.67 bits per heavy atom. The largest absolute Gasteiger partial charge is 0.388 e. The number of alkyl halides is 1. The summed E-state index contributed by atoms with van der Waals surface area (Å²) in [5.74, 6) is 0.724. The van der Waals surface area contributed by atoms with Crippen LogP contribution in [0.15, 0.2) is 0 Å². The number of halogens is 1. The number of carbonyl (C=O) groups excluding carboxylic acids is 1. The lowest BCUT2D eigenvalue weighted by molar-refractivity contribution is -0.122. The van der Waals surface area contributed by atoms with Gasteiger partial charge in [-0.05, 0) is 31.6 Å². The molecule has 0 spiro atoms. The van der Waals surface area contributed by atoms with Crippen molar-refractivity contribution in [3.05, 3.63) is 0 Å². The van der Waals surface area contributed by atoms with Crippen molar-refractivity contribution in [3.8, 4) is 0 Å². The van der Waals surface area contributed by atoms with Crippen molar-refractivity contribution in [3.63, 3.8) is 0 Å². The molecule has 0 atom stereocenters. The first-order chi connectivity index (χ1) is 7.06. The Morgan fingerprint density at radius 2 is 2.13 bits per heavy atom. The summed E-state index contributed by atoms with van der Waals surface area (Å²) >= 11 is 3.21. The van der Waals surface area contributed by atoms with Crippen LogP contribution in [0.3, 0.4) is 0 Å². The van der Waals surface area contributed by atoms with E-state index < -0.39 is 5.60 Å². The molecule has 1 saturated carbocycles. The van der Waals surface area contributed by atoms with E-state index in [-0.39, 0.29) is 5.91 Å². The summed E-state index contributed by atoms with van der Waals surface area (Å²) in [6.07, 6.45) is 4.22. The van der Waals surface area contributed by atoms with Crippen molar-refractivity contribution in [1.82, 2.24) is 5.32 Å². The average molecular weight is 278 g/mol. The fourth-order valence-corrected chi connectivity index (χ4v) is 2.27. The quantitative estimate of drug-likeness (QED) is 0.771. The number of amides is 1. The van der Waals surface area contributed by atoms with Gasteiger partial charge >= 0.3 is 0 Å². The molecule has 2 N–H and O–H groups in total. The smallest absolute Gasteiger partial charge is 0.220 e. The Kier molecular flexibility index (Phi) is 5.06. The third-order valence-electron chi connectivity index (χ3n) is 3.14. The zero-order chi connectivity index (χ0) is 11.3. The van der Waals surface area contributed by atoms with Crippen molar-refractivity contribution >= 4 is 21.8 Å². The average Bonchev–Trinajstić information content (AvgIpc) is 2.21. The summed E-state index contributed by atoms with van der Waals surface area (Å²) in [6, 6.07) is 0. The molecule has 0 aromatic rings. The molecule has 1 aliphatic rings. The Balaban J connectivity index is 2.27. The van der Waals surface area contributed by atoms with E-state index in [1.165, 1.54) is 0 Å². The van der Waals surface area contributed by atoms with E-state index in [1.54, 1.807) is 0 Å². The maximum atomic E-state index is 11.2. The Morgan fingerprint density at radius 1 is 1.53 bits per heavy atom. The molecule has 4 heteroatoms. The van der Waals surface area contributed by atoms with Crippen molar-refractivity contribution in [1.29, 1.82) is 0 Å². The third kappa shape index (κ3) is 4.51. The first kappa shape index (κ1) is 13.0. The first-order valence-corrected chi connectivity index (χ1v) is 6.73. The van der Waals surface area contributed by atoms with Gasteiger partial charge in [0.05, 0.1) is 5.60 Å². The molecular weight excluding hydrogens is 258 g/mol. The second-order valence-electron chi connectivity index (χ2n) is 4.62. The van der Waals surface area contributed by atoms with E-state index in [1.807, 2.05) is 0 Å². The lowest BCUT2D eigenvalue weighted by atomic mass is 9.79. The molecule has 15 heavy (non-hydrogen) atoms. The zero-order valence-corrected chi connectivity index (χ0v) is 10.8. The van der Waals surface area contributed by atoms with Crippen LogP contribution in [0.5, 0.6) is 0 Å². The first-order valence-electron chi connectivity index (χ1n) is 5.61. The van der Waals surface area contributed by atoms with E-state index in [0.717, 1.165) is 25.7 Å². The number of nitrogens with one attached hydrogen (secondary N) is 1. The minimum atomic E-state index is -0.658. The van der Waals surface area contributed by atoms with Crippen LogP contribution in [-0.4, -0.2) is 28.5 Å². The summed E-state index contributed by atoms with van der Waals surface area (Å²) in [7, 11) is 0. The Bertz CT molecular complexity index is 213. The highest BCUT2D eigenvalue weighted by Crippen LogP contribution is 2.31. The molecule has 88 valence electrons. The van der Waals surface area contributed by atoms with Gasteiger partial charge in [-0.25, -0.2) is 0 Å². The van der Waals surface area contributed by atoms with E-state index >= 15 is 0 Å². The molecule has 0 saturated heterocycles. The Labute approximate surface area is 99.8 Å². The van der Waals surface area contributed by atoms with E-state index in [4.69, 9.17) is 0 Å². The van der Waals surface area contributed by atoms with Crippen molar-refractivity contribution in [2.24, 2.45) is 5.92 Å². The second kappa shape index (κ2) is 5.85. The van der Waals surface area contributed by atoms with Gasteiger partial charge in [-0.15, -0.1) is 0 Å². The van der Waals surface area contributed by atoms with E-state index in [0.29, 0.717) is 24.2 Å². The number of hydrogen-bond acceptors (Lipinski definition) is 2. The third-order valence-corrected chi connectivity index (χ3v) is 3.54. The van der Waals surface area contributed by atoms with Crippen molar-refractivity contribution in [2.75, 3.05) is 11.9 Å². The molecule has 0 unspecified atom stereocenters. The van der Waals surface area contributed by atoms with Gasteiger partial charge in [0.1, 0.15) is 0 Å². The van der Waals surface area contributed by atoms with Crippen LogP contribution in [0.25, 0.3) is 0 Å². The van der Waals surface area contributed by atoms with Gasteiger partial charge < -0.3 is 10.4 Å². The predicted octanol–water partition coefficient (Wildman–Crippen LogP) is 1.83. The van der Waals surface area contributed by atoms with Gasteiger partial charge in [0.25, 0.3) is 0 Å². The van der Waals surface area contributed by atoms with Crippen LogP contribution in [-0.2, 0) is 4.79 Å². The predicted molar refractivity (Wildman–Crippen MR) is 64.0 cm³/mol. The van der Waals surface area contributed by atoms with Crippen LogP contribution < -0.4 is 5.32 Å². The fourth-order valence-electron chi connectivity index (χ4n) is 1.91. The molecule has 0 radical (unpaired) electrons. The van der Waals surface area contributed by atoms with Gasteiger partial charge in [-0.1, -0.05) is 22.9 Å². The van der Waals surface area contributed by atoms with Gasteiger partial charge in [0.2, 0.25) is 5.91 Å².